The van der Waals surface area contributed by atoms with Gasteiger partial charge in [-0.1, -0.05) is 67.1 Å². The van der Waals surface area contributed by atoms with Crippen LogP contribution in [0.4, 0.5) is 4.79 Å². The van der Waals surface area contributed by atoms with Gasteiger partial charge in [0.15, 0.2) is 0 Å². The smallest absolute Gasteiger partial charge is 0.451 e. The molecule has 0 aromatic heterocycles. The van der Waals surface area contributed by atoms with E-state index in [-0.39, 0.29) is 38.8 Å². The molecule has 0 spiro atoms. The Labute approximate surface area is 210 Å². The number of carbonyl (C=O) groups is 2. The number of aliphatic carboxylic acids is 1. The zero-order valence-corrected chi connectivity index (χ0v) is 20.5. The molecule has 2 atom stereocenters. The Bertz CT molecular complexity index is 1100. The number of hydrogen-bond acceptors (Lipinski definition) is 7. The Hall–Kier alpha value is -2.97. The van der Waals surface area contributed by atoms with Crippen LogP contribution in [-0.4, -0.2) is 70.5 Å². The van der Waals surface area contributed by atoms with Crippen LogP contribution in [0.1, 0.15) is 24.0 Å². The number of nitrogens with one attached hydrogen (secondary N) is 1. The number of nitrogens with zero attached hydrogens (tertiary/aromatic N) is 2. The minimum atomic E-state index is -4.42. The molecule has 1 aliphatic heterocycles. The average Bonchev–Trinajstić information content (AvgIpc) is 3.18. The molecule has 2 aromatic carbocycles. The molecule has 0 aliphatic carbocycles. The van der Waals surface area contributed by atoms with Crippen molar-refractivity contribution in [2.45, 2.75) is 37.8 Å². The lowest BCUT2D eigenvalue weighted by molar-refractivity contribution is -0.144. The fourth-order valence-electron chi connectivity index (χ4n) is 4.26. The minimum Gasteiger partial charge on any atom is -0.480 e. The molecular formula is C23H31BN4O7S. The summed E-state index contributed by atoms with van der Waals surface area (Å²) in [7, 11) is -5.97. The van der Waals surface area contributed by atoms with Crippen LogP contribution in [0.2, 0.25) is 6.32 Å². The van der Waals surface area contributed by atoms with Crippen LogP contribution >= 0.6 is 0 Å². The average molecular weight is 518 g/mol. The van der Waals surface area contributed by atoms with E-state index >= 15 is 0 Å². The first kappa shape index (κ1) is 27.6. The summed E-state index contributed by atoms with van der Waals surface area (Å²) in [4.78, 5) is 26.4. The number of amides is 2. The van der Waals surface area contributed by atoms with Crippen LogP contribution in [0.3, 0.4) is 0 Å². The largest absolute Gasteiger partial charge is 0.480 e. The molecule has 1 aliphatic rings. The summed E-state index contributed by atoms with van der Waals surface area (Å²) >= 11 is 0. The molecule has 3 rings (SSSR count). The molecular weight excluding hydrogens is 487 g/mol. The van der Waals surface area contributed by atoms with E-state index in [4.69, 9.17) is 15.8 Å². The Morgan fingerprint density at radius 1 is 1.06 bits per heavy atom. The zero-order valence-electron chi connectivity index (χ0n) is 19.7. The second-order valence-electron chi connectivity index (χ2n) is 8.99. The number of rotatable bonds is 11. The SMILES string of the molecule is N[C@]1(C(=O)O)CN(S(=O)(=O)NC(=O)N(Cc2ccccc2)Cc2ccccc2)C[C@H]1CCCB(O)O. The summed E-state index contributed by atoms with van der Waals surface area (Å²) in [5, 5.41) is 27.8. The van der Waals surface area contributed by atoms with Crippen molar-refractivity contribution in [2.75, 3.05) is 13.1 Å². The second kappa shape index (κ2) is 11.8. The fraction of sp³-hybridized carbons (Fsp3) is 0.391. The Kier molecular flexibility index (Phi) is 9.09. The first-order valence-electron chi connectivity index (χ1n) is 11.5. The van der Waals surface area contributed by atoms with Gasteiger partial charge >= 0.3 is 29.3 Å². The molecule has 0 saturated carbocycles. The maximum atomic E-state index is 13.2. The molecule has 11 nitrogen and oxygen atoms in total. The lowest BCUT2D eigenvalue weighted by atomic mass is 9.78. The van der Waals surface area contributed by atoms with Crippen LogP contribution in [0.15, 0.2) is 60.7 Å². The molecule has 1 saturated heterocycles. The van der Waals surface area contributed by atoms with E-state index in [2.05, 4.69) is 4.72 Å². The van der Waals surface area contributed by atoms with Gasteiger partial charge in [-0.05, 0) is 23.9 Å². The maximum absolute atomic E-state index is 13.2. The molecule has 2 aromatic rings. The van der Waals surface area contributed by atoms with E-state index in [0.717, 1.165) is 15.4 Å². The Morgan fingerprint density at radius 2 is 1.58 bits per heavy atom. The van der Waals surface area contributed by atoms with Crippen molar-refractivity contribution in [2.24, 2.45) is 11.7 Å². The van der Waals surface area contributed by atoms with Crippen LogP contribution in [0, 0.1) is 5.92 Å². The number of nitrogens with two attached hydrogens (primary N) is 1. The van der Waals surface area contributed by atoms with Crippen LogP contribution in [0.5, 0.6) is 0 Å². The van der Waals surface area contributed by atoms with Crippen molar-refractivity contribution in [1.82, 2.24) is 13.9 Å². The molecule has 194 valence electrons. The first-order chi connectivity index (χ1) is 17.0. The number of carboxylic acid groups (broad SMARTS) is 1. The number of carbonyl (C=O) groups excluding carboxylic acids is 1. The topological polar surface area (TPSA) is 173 Å². The second-order valence-corrected chi connectivity index (χ2v) is 10.7. The Morgan fingerprint density at radius 3 is 2.06 bits per heavy atom. The molecule has 13 heteroatoms. The normalized spacial score (nSPS) is 20.1. The van der Waals surface area contributed by atoms with Crippen molar-refractivity contribution in [1.29, 1.82) is 0 Å². The standard InChI is InChI=1S/C23H31BN4O7S/c25-23(21(29)30)17-28(16-20(23)12-7-13-24(32)33)36(34,35)26-22(31)27(14-18-8-3-1-4-9-18)15-19-10-5-2-6-11-19/h1-6,8-11,20,32-33H,7,12-17,25H2,(H,26,31)(H,29,30)/t20-,23-/m1/s1. The van der Waals surface area contributed by atoms with Crippen LogP contribution in [-0.2, 0) is 28.1 Å². The molecule has 6 N–H and O–H groups in total. The third kappa shape index (κ3) is 7.05. The Balaban J connectivity index is 1.76. The van der Waals surface area contributed by atoms with E-state index < -0.39 is 47.3 Å². The van der Waals surface area contributed by atoms with E-state index in [1.165, 1.54) is 4.90 Å². The number of carboxylic acids is 1. The van der Waals surface area contributed by atoms with Crippen LogP contribution < -0.4 is 10.5 Å². The molecule has 0 unspecified atom stereocenters. The highest BCUT2D eigenvalue weighted by Crippen LogP contribution is 2.32. The van der Waals surface area contributed by atoms with E-state index in [0.29, 0.717) is 0 Å². The molecule has 1 heterocycles. The van der Waals surface area contributed by atoms with E-state index in [1.807, 2.05) is 60.7 Å². The quantitative estimate of drug-likeness (QED) is 0.269. The van der Waals surface area contributed by atoms with E-state index in [9.17, 15) is 23.1 Å². The third-order valence-corrected chi connectivity index (χ3v) is 7.67. The monoisotopic (exact) mass is 518 g/mol. The summed E-state index contributed by atoms with van der Waals surface area (Å²) in [6.45, 7) is -0.433. The van der Waals surface area contributed by atoms with Gasteiger partial charge in [0.05, 0.1) is 0 Å². The lowest BCUT2D eigenvalue weighted by Gasteiger charge is -2.26. The first-order valence-corrected chi connectivity index (χ1v) is 13.0. The van der Waals surface area contributed by atoms with Gasteiger partial charge in [0.25, 0.3) is 0 Å². The lowest BCUT2D eigenvalue weighted by Crippen LogP contribution is -2.55. The number of hydrogen-bond donors (Lipinski definition) is 5. The van der Waals surface area contributed by atoms with Gasteiger partial charge < -0.3 is 25.8 Å². The van der Waals surface area contributed by atoms with Crippen molar-refractivity contribution in [3.8, 4) is 0 Å². The molecule has 36 heavy (non-hydrogen) atoms. The zero-order chi connectivity index (χ0) is 26.3. The molecule has 2 amide bonds. The van der Waals surface area contributed by atoms with Gasteiger partial charge in [-0.15, -0.1) is 0 Å². The van der Waals surface area contributed by atoms with Crippen molar-refractivity contribution < 1.29 is 33.2 Å². The van der Waals surface area contributed by atoms with Crippen molar-refractivity contribution in [3.05, 3.63) is 71.8 Å². The maximum Gasteiger partial charge on any atom is 0.451 e. The predicted molar refractivity (Wildman–Crippen MR) is 133 cm³/mol. The van der Waals surface area contributed by atoms with E-state index in [1.54, 1.807) is 0 Å². The van der Waals surface area contributed by atoms with Gasteiger partial charge in [-0.2, -0.15) is 12.7 Å². The summed E-state index contributed by atoms with van der Waals surface area (Å²) in [6, 6.07) is 17.4. The van der Waals surface area contributed by atoms with Gasteiger partial charge in [-0.3, -0.25) is 4.79 Å². The summed E-state index contributed by atoms with van der Waals surface area (Å²) in [5.74, 6) is -2.14. The number of benzene rings is 2. The fourth-order valence-corrected chi connectivity index (χ4v) is 5.50. The van der Waals surface area contributed by atoms with Gasteiger partial charge in [-0.25, -0.2) is 9.52 Å². The van der Waals surface area contributed by atoms with Gasteiger partial charge in [0, 0.05) is 32.1 Å². The highest BCUT2D eigenvalue weighted by atomic mass is 32.2. The number of urea groups is 1. The van der Waals surface area contributed by atoms with Gasteiger partial charge in [0.2, 0.25) is 0 Å². The summed E-state index contributed by atoms with van der Waals surface area (Å²) < 4.78 is 29.2. The third-order valence-electron chi connectivity index (χ3n) is 6.28. The minimum absolute atomic E-state index is 0.00359. The molecule has 0 radical (unpaired) electrons. The highest BCUT2D eigenvalue weighted by Gasteiger charge is 2.52. The van der Waals surface area contributed by atoms with Crippen LogP contribution in [0.25, 0.3) is 0 Å². The molecule has 0 bridgehead atoms. The summed E-state index contributed by atoms with van der Waals surface area (Å²) in [5.41, 5.74) is 5.83. The molecule has 1 fully saturated rings. The predicted octanol–water partition coefficient (Wildman–Crippen LogP) is 0.610. The summed E-state index contributed by atoms with van der Waals surface area (Å²) in [6.07, 6.45) is 0.425. The van der Waals surface area contributed by atoms with Crippen molar-refractivity contribution >= 4 is 29.3 Å². The van der Waals surface area contributed by atoms with Crippen molar-refractivity contribution in [3.63, 3.8) is 0 Å². The van der Waals surface area contributed by atoms with Gasteiger partial charge in [0.1, 0.15) is 5.54 Å². The highest BCUT2D eigenvalue weighted by molar-refractivity contribution is 7.87.